The largest absolute Gasteiger partial charge is 0.457 e. The van der Waals surface area contributed by atoms with Crippen LogP contribution in [0.3, 0.4) is 0 Å². The van der Waals surface area contributed by atoms with Crippen LogP contribution < -0.4 is 10.1 Å². The molecule has 3 aromatic rings. The fraction of sp³-hybridized carbons (Fsp3) is 0.130. The van der Waals surface area contributed by atoms with Crippen molar-refractivity contribution in [3.8, 4) is 11.5 Å². The molecule has 5 nitrogen and oxygen atoms in total. The molecule has 0 unspecified atom stereocenters. The monoisotopic (exact) mass is 373 g/mol. The molecule has 0 saturated heterocycles. The van der Waals surface area contributed by atoms with Gasteiger partial charge in [-0.2, -0.15) is 0 Å². The lowest BCUT2D eigenvalue weighted by atomic mass is 9.88. The van der Waals surface area contributed by atoms with E-state index < -0.39 is 18.0 Å². The number of carbonyl (C=O) groups is 2. The number of esters is 1. The Morgan fingerprint density at radius 3 is 2.00 bits per heavy atom. The molecule has 0 radical (unpaired) electrons. The molecule has 28 heavy (non-hydrogen) atoms. The fourth-order valence-corrected chi connectivity index (χ4v) is 3.23. The average molecular weight is 373 g/mol. The Bertz CT molecular complexity index is 970. The third-order valence-electron chi connectivity index (χ3n) is 4.62. The Balaban J connectivity index is 1.55. The fourth-order valence-electron chi connectivity index (χ4n) is 3.23. The number of nitrogens with one attached hydrogen (secondary N) is 1. The SMILES string of the molecule is C[C@@H](OC(=O)C1c2ccccc2Oc2ccccc21)C(=O)Nc1ccccc1. The number of carbonyl (C=O) groups excluding carboxylic acids is 2. The Morgan fingerprint density at radius 2 is 1.39 bits per heavy atom. The number of amides is 1. The number of fused-ring (bicyclic) bond motifs is 2. The highest BCUT2D eigenvalue weighted by Crippen LogP contribution is 2.44. The van der Waals surface area contributed by atoms with Crippen molar-refractivity contribution < 1.29 is 19.1 Å². The molecule has 1 atom stereocenters. The summed E-state index contributed by atoms with van der Waals surface area (Å²) in [5.74, 6) is -0.283. The first kappa shape index (κ1) is 17.8. The van der Waals surface area contributed by atoms with E-state index in [1.807, 2.05) is 66.7 Å². The molecule has 0 bridgehead atoms. The molecule has 0 aliphatic carbocycles. The van der Waals surface area contributed by atoms with Gasteiger partial charge in [0.05, 0.1) is 0 Å². The highest BCUT2D eigenvalue weighted by molar-refractivity contribution is 5.96. The molecule has 1 N–H and O–H groups in total. The standard InChI is InChI=1S/C23H19NO4/c1-15(22(25)24-16-9-3-2-4-10-16)27-23(26)21-17-11-5-7-13-19(17)28-20-14-8-6-12-18(20)21/h2-15,21H,1H3,(H,24,25)/t15-/m1/s1. The minimum absolute atomic E-state index is 0.381. The summed E-state index contributed by atoms with van der Waals surface area (Å²) in [5.41, 5.74) is 2.10. The van der Waals surface area contributed by atoms with Crippen LogP contribution in [0.2, 0.25) is 0 Å². The average Bonchev–Trinajstić information content (AvgIpc) is 2.72. The smallest absolute Gasteiger partial charge is 0.318 e. The summed E-state index contributed by atoms with van der Waals surface area (Å²) in [6.45, 7) is 1.56. The Kier molecular flexibility index (Phi) is 4.81. The number of hydrogen-bond acceptors (Lipinski definition) is 4. The molecule has 1 aliphatic heterocycles. The number of benzene rings is 3. The van der Waals surface area contributed by atoms with Gasteiger partial charge < -0.3 is 14.8 Å². The van der Waals surface area contributed by atoms with Crippen LogP contribution in [-0.2, 0) is 14.3 Å². The van der Waals surface area contributed by atoms with Crippen LogP contribution >= 0.6 is 0 Å². The number of rotatable bonds is 4. The Hall–Kier alpha value is -3.60. The van der Waals surface area contributed by atoms with Crippen LogP contribution in [0.1, 0.15) is 24.0 Å². The van der Waals surface area contributed by atoms with Gasteiger partial charge in [0.15, 0.2) is 6.10 Å². The van der Waals surface area contributed by atoms with Crippen LogP contribution in [0.4, 0.5) is 5.69 Å². The van der Waals surface area contributed by atoms with Crippen molar-refractivity contribution in [1.29, 1.82) is 0 Å². The third kappa shape index (κ3) is 3.47. The van der Waals surface area contributed by atoms with E-state index in [2.05, 4.69) is 5.32 Å². The molecule has 0 fully saturated rings. The molecular weight excluding hydrogens is 354 g/mol. The van der Waals surface area contributed by atoms with Gasteiger partial charge in [-0.3, -0.25) is 9.59 Å². The molecule has 5 heteroatoms. The van der Waals surface area contributed by atoms with E-state index in [-0.39, 0.29) is 5.91 Å². The van der Waals surface area contributed by atoms with E-state index in [0.717, 1.165) is 11.1 Å². The first-order chi connectivity index (χ1) is 13.6. The van der Waals surface area contributed by atoms with Crippen LogP contribution in [-0.4, -0.2) is 18.0 Å². The van der Waals surface area contributed by atoms with Gasteiger partial charge in [-0.05, 0) is 31.2 Å². The Labute approximate surface area is 162 Å². The third-order valence-corrected chi connectivity index (χ3v) is 4.62. The van der Waals surface area contributed by atoms with Crippen LogP contribution in [0.15, 0.2) is 78.9 Å². The highest BCUT2D eigenvalue weighted by atomic mass is 16.5. The first-order valence-electron chi connectivity index (χ1n) is 9.05. The number of hydrogen-bond donors (Lipinski definition) is 1. The van der Waals surface area contributed by atoms with E-state index in [0.29, 0.717) is 17.2 Å². The zero-order chi connectivity index (χ0) is 19.5. The quantitative estimate of drug-likeness (QED) is 0.684. The van der Waals surface area contributed by atoms with Crippen molar-refractivity contribution in [2.45, 2.75) is 18.9 Å². The van der Waals surface area contributed by atoms with Gasteiger partial charge >= 0.3 is 5.97 Å². The number of para-hydroxylation sites is 3. The summed E-state index contributed by atoms with van der Waals surface area (Å²) in [5, 5.41) is 2.75. The van der Waals surface area contributed by atoms with Crippen molar-refractivity contribution >= 4 is 17.6 Å². The number of anilines is 1. The van der Waals surface area contributed by atoms with Crippen molar-refractivity contribution in [3.05, 3.63) is 90.0 Å². The first-order valence-corrected chi connectivity index (χ1v) is 9.05. The van der Waals surface area contributed by atoms with Crippen LogP contribution in [0, 0.1) is 0 Å². The van der Waals surface area contributed by atoms with Crippen molar-refractivity contribution in [2.24, 2.45) is 0 Å². The topological polar surface area (TPSA) is 64.6 Å². The molecule has 3 aromatic carbocycles. The Morgan fingerprint density at radius 1 is 0.857 bits per heavy atom. The van der Waals surface area contributed by atoms with E-state index in [4.69, 9.17) is 9.47 Å². The lowest BCUT2D eigenvalue weighted by Crippen LogP contribution is -2.32. The normalized spacial score (nSPS) is 13.5. The van der Waals surface area contributed by atoms with E-state index in [9.17, 15) is 9.59 Å². The van der Waals surface area contributed by atoms with Crippen molar-refractivity contribution in [3.63, 3.8) is 0 Å². The van der Waals surface area contributed by atoms with Gasteiger partial charge in [-0.1, -0.05) is 54.6 Å². The second kappa shape index (κ2) is 7.56. The summed E-state index contributed by atoms with van der Waals surface area (Å²) in [4.78, 5) is 25.4. The summed E-state index contributed by atoms with van der Waals surface area (Å²) < 4.78 is 11.4. The zero-order valence-corrected chi connectivity index (χ0v) is 15.3. The van der Waals surface area contributed by atoms with Crippen LogP contribution in [0.5, 0.6) is 11.5 Å². The van der Waals surface area contributed by atoms with Gasteiger partial charge in [0, 0.05) is 16.8 Å². The molecule has 1 aliphatic rings. The van der Waals surface area contributed by atoms with Gasteiger partial charge in [-0.25, -0.2) is 0 Å². The van der Waals surface area contributed by atoms with Crippen molar-refractivity contribution in [1.82, 2.24) is 0 Å². The van der Waals surface area contributed by atoms with Gasteiger partial charge in [0.2, 0.25) is 0 Å². The minimum Gasteiger partial charge on any atom is -0.457 e. The second-order valence-electron chi connectivity index (χ2n) is 6.55. The van der Waals surface area contributed by atoms with Crippen molar-refractivity contribution in [2.75, 3.05) is 5.32 Å². The highest BCUT2D eigenvalue weighted by Gasteiger charge is 2.35. The molecule has 0 saturated carbocycles. The zero-order valence-electron chi connectivity index (χ0n) is 15.3. The molecule has 4 rings (SSSR count). The van der Waals surface area contributed by atoms with Crippen LogP contribution in [0.25, 0.3) is 0 Å². The van der Waals surface area contributed by atoms with Gasteiger partial charge in [0.1, 0.15) is 17.4 Å². The van der Waals surface area contributed by atoms with Gasteiger partial charge in [0.25, 0.3) is 5.91 Å². The summed E-state index contributed by atoms with van der Waals surface area (Å²) in [6.07, 6.45) is -0.935. The maximum absolute atomic E-state index is 13.0. The van der Waals surface area contributed by atoms with Gasteiger partial charge in [-0.15, -0.1) is 0 Å². The van der Waals surface area contributed by atoms with E-state index in [1.54, 1.807) is 19.1 Å². The maximum atomic E-state index is 13.0. The summed E-state index contributed by atoms with van der Waals surface area (Å²) >= 11 is 0. The molecular formula is C23H19NO4. The maximum Gasteiger partial charge on any atom is 0.318 e. The minimum atomic E-state index is -0.935. The molecule has 0 spiro atoms. The molecule has 1 amide bonds. The lowest BCUT2D eigenvalue weighted by Gasteiger charge is -2.27. The summed E-state index contributed by atoms with van der Waals surface area (Å²) in [7, 11) is 0. The predicted molar refractivity (Wildman–Crippen MR) is 105 cm³/mol. The summed E-state index contributed by atoms with van der Waals surface area (Å²) in [6, 6.07) is 23.8. The predicted octanol–water partition coefficient (Wildman–Crippen LogP) is 4.49. The molecule has 1 heterocycles. The number of ether oxygens (including phenoxy) is 2. The van der Waals surface area contributed by atoms with E-state index in [1.165, 1.54) is 0 Å². The molecule has 0 aromatic heterocycles. The second-order valence-corrected chi connectivity index (χ2v) is 6.55. The van der Waals surface area contributed by atoms with E-state index >= 15 is 0 Å². The molecule has 140 valence electrons. The lowest BCUT2D eigenvalue weighted by molar-refractivity contribution is -0.153.